The average molecular weight is 429 g/mol. The normalized spacial score (nSPS) is 32.6. The van der Waals surface area contributed by atoms with Gasteiger partial charge in [-0.1, -0.05) is 60.7 Å². The van der Waals surface area contributed by atoms with Gasteiger partial charge < -0.3 is 34.9 Å². The SMILES string of the molecule is CC(Cc1ccccc1)(O[C@@H]1[C@@H](N)[C@@H](O)O[C@@H]2COC(c3ccccc3)O[C@@H]12)C(=O)O. The Morgan fingerprint density at radius 1 is 1.13 bits per heavy atom. The standard InChI is InChI=1S/C23H27NO7/c1-23(22(26)27,12-14-8-4-2-5-9-14)31-19-17(24)20(25)29-16-13-28-21(30-18(16)19)15-10-6-3-7-11-15/h2-11,16-21,25H,12-13,24H2,1H3,(H,26,27)/t16-,17-,18-,19-,20+,21?,23?/m1/s1. The Morgan fingerprint density at radius 3 is 2.42 bits per heavy atom. The molecule has 2 aliphatic heterocycles. The molecular formula is C23H27NO7. The van der Waals surface area contributed by atoms with Gasteiger partial charge in [-0.3, -0.25) is 0 Å². The molecule has 166 valence electrons. The number of hydrogen-bond acceptors (Lipinski definition) is 7. The summed E-state index contributed by atoms with van der Waals surface area (Å²) in [5.74, 6) is -1.13. The van der Waals surface area contributed by atoms with Crippen molar-refractivity contribution in [2.75, 3.05) is 6.61 Å². The van der Waals surface area contributed by atoms with Crippen LogP contribution in [-0.2, 0) is 30.2 Å². The maximum Gasteiger partial charge on any atom is 0.336 e. The minimum Gasteiger partial charge on any atom is -0.479 e. The van der Waals surface area contributed by atoms with Crippen LogP contribution in [0.3, 0.4) is 0 Å². The van der Waals surface area contributed by atoms with Crippen molar-refractivity contribution in [2.45, 2.75) is 55.9 Å². The van der Waals surface area contributed by atoms with Crippen molar-refractivity contribution in [1.82, 2.24) is 0 Å². The maximum absolute atomic E-state index is 12.2. The van der Waals surface area contributed by atoms with Crippen LogP contribution in [-0.4, -0.2) is 59.0 Å². The summed E-state index contributed by atoms with van der Waals surface area (Å²) >= 11 is 0. The summed E-state index contributed by atoms with van der Waals surface area (Å²) in [5, 5.41) is 20.3. The van der Waals surface area contributed by atoms with E-state index >= 15 is 0 Å². The molecule has 8 nitrogen and oxygen atoms in total. The van der Waals surface area contributed by atoms with Gasteiger partial charge in [0, 0.05) is 12.0 Å². The Bertz CT molecular complexity index is 880. The summed E-state index contributed by atoms with van der Waals surface area (Å²) in [7, 11) is 0. The molecule has 2 heterocycles. The van der Waals surface area contributed by atoms with Crippen molar-refractivity contribution in [3.63, 3.8) is 0 Å². The number of aliphatic hydroxyl groups excluding tert-OH is 1. The highest BCUT2D eigenvalue weighted by atomic mass is 16.7. The first-order chi connectivity index (χ1) is 14.9. The highest BCUT2D eigenvalue weighted by Crippen LogP contribution is 2.36. The molecule has 0 aromatic heterocycles. The molecular weight excluding hydrogens is 402 g/mol. The van der Waals surface area contributed by atoms with Crippen LogP contribution in [0.5, 0.6) is 0 Å². The minimum atomic E-state index is -1.59. The number of carboxylic acid groups (broad SMARTS) is 1. The van der Waals surface area contributed by atoms with E-state index in [4.69, 9.17) is 24.7 Å². The van der Waals surface area contributed by atoms with Gasteiger partial charge in [-0.2, -0.15) is 0 Å². The zero-order chi connectivity index (χ0) is 22.0. The lowest BCUT2D eigenvalue weighted by atomic mass is 9.92. The maximum atomic E-state index is 12.2. The summed E-state index contributed by atoms with van der Waals surface area (Å²) in [6.07, 6.45) is -4.17. The molecule has 0 spiro atoms. The van der Waals surface area contributed by atoms with E-state index in [0.717, 1.165) is 11.1 Å². The van der Waals surface area contributed by atoms with Gasteiger partial charge >= 0.3 is 5.97 Å². The van der Waals surface area contributed by atoms with Crippen LogP contribution < -0.4 is 5.73 Å². The van der Waals surface area contributed by atoms with Crippen molar-refractivity contribution in [2.24, 2.45) is 5.73 Å². The second-order valence-corrected chi connectivity index (χ2v) is 8.10. The zero-order valence-corrected chi connectivity index (χ0v) is 17.2. The molecule has 0 radical (unpaired) electrons. The van der Waals surface area contributed by atoms with Gasteiger partial charge in [0.2, 0.25) is 0 Å². The van der Waals surface area contributed by atoms with Crippen molar-refractivity contribution >= 4 is 5.97 Å². The first kappa shape index (κ1) is 21.9. The molecule has 0 saturated carbocycles. The molecule has 2 aromatic carbocycles. The second-order valence-electron chi connectivity index (χ2n) is 8.10. The fourth-order valence-electron chi connectivity index (χ4n) is 3.99. The van der Waals surface area contributed by atoms with Crippen LogP contribution in [0, 0.1) is 0 Å². The number of rotatable bonds is 6. The van der Waals surface area contributed by atoms with Crippen molar-refractivity contribution in [3.8, 4) is 0 Å². The molecule has 0 aliphatic carbocycles. The summed E-state index contributed by atoms with van der Waals surface area (Å²) in [6, 6.07) is 17.6. The van der Waals surface area contributed by atoms with Crippen LogP contribution in [0.4, 0.5) is 0 Å². The predicted octanol–water partition coefficient (Wildman–Crippen LogP) is 1.62. The highest BCUT2D eigenvalue weighted by molar-refractivity contribution is 5.77. The lowest BCUT2D eigenvalue weighted by molar-refractivity contribution is -0.347. The van der Waals surface area contributed by atoms with Gasteiger partial charge in [-0.25, -0.2) is 4.79 Å². The third-order valence-electron chi connectivity index (χ3n) is 5.71. The Balaban J connectivity index is 1.59. The van der Waals surface area contributed by atoms with Crippen LogP contribution in [0.2, 0.25) is 0 Å². The van der Waals surface area contributed by atoms with E-state index in [-0.39, 0.29) is 13.0 Å². The fourth-order valence-corrected chi connectivity index (χ4v) is 3.99. The largest absolute Gasteiger partial charge is 0.479 e. The van der Waals surface area contributed by atoms with Crippen molar-refractivity contribution < 1.29 is 34.0 Å². The number of ether oxygens (including phenoxy) is 4. The molecule has 0 bridgehead atoms. The van der Waals surface area contributed by atoms with Gasteiger partial charge in [0.15, 0.2) is 18.2 Å². The molecule has 4 rings (SSSR count). The van der Waals surface area contributed by atoms with Crippen molar-refractivity contribution in [3.05, 3.63) is 71.8 Å². The Kier molecular flexibility index (Phi) is 6.38. The van der Waals surface area contributed by atoms with Gasteiger partial charge in [0.1, 0.15) is 18.3 Å². The van der Waals surface area contributed by atoms with Crippen LogP contribution in [0.15, 0.2) is 60.7 Å². The second kappa shape index (κ2) is 9.04. The molecule has 4 N–H and O–H groups in total. The Labute approximate surface area is 180 Å². The first-order valence-corrected chi connectivity index (χ1v) is 10.2. The van der Waals surface area contributed by atoms with E-state index in [2.05, 4.69) is 0 Å². The van der Waals surface area contributed by atoms with Gasteiger partial charge in [-0.05, 0) is 12.5 Å². The number of carbonyl (C=O) groups is 1. The monoisotopic (exact) mass is 429 g/mol. The molecule has 2 aliphatic rings. The average Bonchev–Trinajstić information content (AvgIpc) is 2.78. The molecule has 31 heavy (non-hydrogen) atoms. The molecule has 2 saturated heterocycles. The Morgan fingerprint density at radius 2 is 1.77 bits per heavy atom. The number of nitrogens with two attached hydrogens (primary N) is 1. The lowest BCUT2D eigenvalue weighted by Gasteiger charge is -2.48. The summed E-state index contributed by atoms with van der Waals surface area (Å²) in [4.78, 5) is 12.2. The highest BCUT2D eigenvalue weighted by Gasteiger charge is 2.52. The van der Waals surface area contributed by atoms with Crippen LogP contribution in [0.25, 0.3) is 0 Å². The third-order valence-corrected chi connectivity index (χ3v) is 5.71. The number of aliphatic carboxylic acids is 1. The predicted molar refractivity (Wildman–Crippen MR) is 110 cm³/mol. The topological polar surface area (TPSA) is 120 Å². The third kappa shape index (κ3) is 4.64. The van der Waals surface area contributed by atoms with Crippen molar-refractivity contribution in [1.29, 1.82) is 0 Å². The number of fused-ring (bicyclic) bond motifs is 1. The summed E-state index contributed by atoms with van der Waals surface area (Å²) in [6.45, 7) is 1.65. The number of hydrogen-bond donors (Lipinski definition) is 3. The van der Waals surface area contributed by atoms with E-state index < -0.39 is 48.5 Å². The Hall–Kier alpha value is -2.33. The van der Waals surface area contributed by atoms with E-state index in [1.807, 2.05) is 60.7 Å². The van der Waals surface area contributed by atoms with Crippen LogP contribution >= 0.6 is 0 Å². The molecule has 0 amide bonds. The fraction of sp³-hybridized carbons (Fsp3) is 0.435. The van der Waals surface area contributed by atoms with Crippen LogP contribution in [0.1, 0.15) is 24.3 Å². The number of aliphatic hydroxyl groups is 1. The quantitative estimate of drug-likeness (QED) is 0.634. The van der Waals surface area contributed by atoms with E-state index in [0.29, 0.717) is 0 Å². The zero-order valence-electron chi connectivity index (χ0n) is 17.2. The van der Waals surface area contributed by atoms with E-state index in [1.165, 1.54) is 6.92 Å². The number of carboxylic acids is 1. The van der Waals surface area contributed by atoms with E-state index in [1.54, 1.807) is 0 Å². The molecule has 2 unspecified atom stereocenters. The van der Waals surface area contributed by atoms with Gasteiger partial charge in [0.25, 0.3) is 0 Å². The molecule has 7 atom stereocenters. The summed E-state index contributed by atoms with van der Waals surface area (Å²) < 4.78 is 23.6. The molecule has 8 heteroatoms. The molecule has 2 aromatic rings. The smallest absolute Gasteiger partial charge is 0.336 e. The van der Waals surface area contributed by atoms with E-state index in [9.17, 15) is 15.0 Å². The lowest BCUT2D eigenvalue weighted by Crippen LogP contribution is -2.67. The minimum absolute atomic E-state index is 0.124. The van der Waals surface area contributed by atoms with Gasteiger partial charge in [0.05, 0.1) is 12.6 Å². The molecule has 2 fully saturated rings. The number of benzene rings is 2. The summed E-state index contributed by atoms with van der Waals surface area (Å²) in [5.41, 5.74) is 6.23. The van der Waals surface area contributed by atoms with Gasteiger partial charge in [-0.15, -0.1) is 0 Å². The first-order valence-electron chi connectivity index (χ1n) is 10.2.